The lowest BCUT2D eigenvalue weighted by Crippen LogP contribution is -2.04. The maximum absolute atomic E-state index is 12.3. The molecule has 0 amide bonds. The Bertz CT molecular complexity index is 776. The van der Waals surface area contributed by atoms with Crippen LogP contribution in [0.25, 0.3) is 10.9 Å². The van der Waals surface area contributed by atoms with Gasteiger partial charge >= 0.3 is 0 Å². The standard InChI is InChI=1S/C18H16ClNO/c1-12(9-18(21)13-5-3-2-4-6-13)16-11-20-17-8-7-14(19)10-15(16)17/h2-8,10-12,20H,9H2,1H3/t12-/m1/s1. The number of benzene rings is 2. The average Bonchev–Trinajstić information content (AvgIpc) is 2.91. The number of aromatic amines is 1. The Labute approximate surface area is 128 Å². The molecule has 3 heteroatoms. The van der Waals surface area contributed by atoms with Crippen LogP contribution < -0.4 is 0 Å². The van der Waals surface area contributed by atoms with Crippen LogP contribution in [0.4, 0.5) is 0 Å². The van der Waals surface area contributed by atoms with Crippen LogP contribution in [0.2, 0.25) is 5.02 Å². The van der Waals surface area contributed by atoms with E-state index in [4.69, 9.17) is 11.6 Å². The fraction of sp³-hybridized carbons (Fsp3) is 0.167. The van der Waals surface area contributed by atoms with Crippen LogP contribution in [0.5, 0.6) is 0 Å². The zero-order chi connectivity index (χ0) is 14.8. The number of Topliss-reactive ketones (excluding diaryl/α,β-unsaturated/α-hetero) is 1. The fourth-order valence-electron chi connectivity index (χ4n) is 2.65. The number of ketones is 1. The number of rotatable bonds is 4. The smallest absolute Gasteiger partial charge is 0.163 e. The molecule has 0 fully saturated rings. The first-order valence-corrected chi connectivity index (χ1v) is 7.37. The highest BCUT2D eigenvalue weighted by atomic mass is 35.5. The number of carbonyl (C=O) groups excluding carboxylic acids is 1. The first-order chi connectivity index (χ1) is 10.1. The Morgan fingerprint density at radius 1 is 1.19 bits per heavy atom. The van der Waals surface area contributed by atoms with E-state index in [2.05, 4.69) is 11.9 Å². The van der Waals surface area contributed by atoms with Crippen molar-refractivity contribution in [1.29, 1.82) is 0 Å². The molecule has 0 aliphatic rings. The molecule has 0 radical (unpaired) electrons. The van der Waals surface area contributed by atoms with E-state index in [1.807, 2.05) is 54.7 Å². The molecule has 0 aliphatic heterocycles. The molecule has 1 aromatic heterocycles. The molecule has 3 rings (SSSR count). The number of aromatic nitrogens is 1. The summed E-state index contributed by atoms with van der Waals surface area (Å²) in [7, 11) is 0. The number of hydrogen-bond donors (Lipinski definition) is 1. The molecule has 1 heterocycles. The van der Waals surface area contributed by atoms with Gasteiger partial charge in [-0.3, -0.25) is 4.79 Å². The molecule has 1 N–H and O–H groups in total. The van der Waals surface area contributed by atoms with E-state index < -0.39 is 0 Å². The molecular formula is C18H16ClNO. The van der Waals surface area contributed by atoms with Crippen LogP contribution in [0.1, 0.15) is 35.2 Å². The van der Waals surface area contributed by atoms with Gasteiger partial charge in [-0.1, -0.05) is 48.9 Å². The van der Waals surface area contributed by atoms with E-state index in [0.29, 0.717) is 11.4 Å². The Morgan fingerprint density at radius 3 is 2.71 bits per heavy atom. The van der Waals surface area contributed by atoms with Crippen molar-refractivity contribution in [3.63, 3.8) is 0 Å². The molecule has 0 bridgehead atoms. The summed E-state index contributed by atoms with van der Waals surface area (Å²) in [6, 6.07) is 15.2. The molecular weight excluding hydrogens is 282 g/mol. The molecule has 3 aromatic rings. The SMILES string of the molecule is C[C@H](CC(=O)c1ccccc1)c1c[nH]c2ccc(Cl)cc12. The van der Waals surface area contributed by atoms with Crippen LogP contribution in [0.15, 0.2) is 54.7 Å². The normalized spacial score (nSPS) is 12.5. The summed E-state index contributed by atoms with van der Waals surface area (Å²) in [4.78, 5) is 15.6. The van der Waals surface area contributed by atoms with Gasteiger partial charge in [-0.05, 0) is 29.7 Å². The third kappa shape index (κ3) is 2.86. The molecule has 1 atom stereocenters. The molecule has 0 saturated carbocycles. The lowest BCUT2D eigenvalue weighted by atomic mass is 9.93. The first kappa shape index (κ1) is 13.9. The van der Waals surface area contributed by atoms with Gasteiger partial charge in [0.05, 0.1) is 0 Å². The summed E-state index contributed by atoms with van der Waals surface area (Å²) in [6.07, 6.45) is 2.47. The number of H-pyrrole nitrogens is 1. The van der Waals surface area contributed by atoms with Gasteiger partial charge in [0.1, 0.15) is 0 Å². The van der Waals surface area contributed by atoms with Crippen molar-refractivity contribution >= 4 is 28.3 Å². The van der Waals surface area contributed by atoms with Crippen LogP contribution in [0, 0.1) is 0 Å². The first-order valence-electron chi connectivity index (χ1n) is 7.00. The van der Waals surface area contributed by atoms with Gasteiger partial charge in [-0.25, -0.2) is 0 Å². The predicted molar refractivity (Wildman–Crippen MR) is 87.1 cm³/mol. The minimum atomic E-state index is 0.143. The van der Waals surface area contributed by atoms with E-state index >= 15 is 0 Å². The maximum atomic E-state index is 12.3. The summed E-state index contributed by atoms with van der Waals surface area (Å²) >= 11 is 6.07. The minimum absolute atomic E-state index is 0.143. The van der Waals surface area contributed by atoms with Crippen molar-refractivity contribution in [2.45, 2.75) is 19.3 Å². The Morgan fingerprint density at radius 2 is 1.95 bits per heavy atom. The predicted octanol–water partition coefficient (Wildman–Crippen LogP) is 5.20. The Balaban J connectivity index is 1.86. The zero-order valence-electron chi connectivity index (χ0n) is 11.8. The van der Waals surface area contributed by atoms with Gasteiger partial charge in [0.2, 0.25) is 0 Å². The summed E-state index contributed by atoms with van der Waals surface area (Å²) in [6.45, 7) is 2.07. The molecule has 0 aliphatic carbocycles. The number of fused-ring (bicyclic) bond motifs is 1. The second-order valence-corrected chi connectivity index (χ2v) is 5.76. The highest BCUT2D eigenvalue weighted by molar-refractivity contribution is 6.31. The lowest BCUT2D eigenvalue weighted by molar-refractivity contribution is 0.0976. The summed E-state index contributed by atoms with van der Waals surface area (Å²) in [5, 5.41) is 1.81. The molecule has 21 heavy (non-hydrogen) atoms. The van der Waals surface area contributed by atoms with Gasteiger partial charge in [-0.2, -0.15) is 0 Å². The van der Waals surface area contributed by atoms with Gasteiger partial charge in [0.25, 0.3) is 0 Å². The number of carbonyl (C=O) groups is 1. The second kappa shape index (κ2) is 5.74. The number of hydrogen-bond acceptors (Lipinski definition) is 1. The van der Waals surface area contributed by atoms with E-state index in [-0.39, 0.29) is 11.7 Å². The summed E-state index contributed by atoms with van der Waals surface area (Å²) < 4.78 is 0. The Kier molecular flexibility index (Phi) is 3.80. The van der Waals surface area contributed by atoms with Crippen molar-refractivity contribution in [1.82, 2.24) is 4.98 Å². The molecule has 0 unspecified atom stereocenters. The van der Waals surface area contributed by atoms with Gasteiger partial charge in [0, 0.05) is 34.1 Å². The topological polar surface area (TPSA) is 32.9 Å². The number of halogens is 1. The zero-order valence-corrected chi connectivity index (χ0v) is 12.5. The fourth-order valence-corrected chi connectivity index (χ4v) is 2.82. The molecule has 0 saturated heterocycles. The average molecular weight is 298 g/mol. The maximum Gasteiger partial charge on any atom is 0.163 e. The minimum Gasteiger partial charge on any atom is -0.361 e. The lowest BCUT2D eigenvalue weighted by Gasteiger charge is -2.10. The van der Waals surface area contributed by atoms with Crippen LogP contribution in [-0.4, -0.2) is 10.8 Å². The van der Waals surface area contributed by atoms with Crippen molar-refractivity contribution < 1.29 is 4.79 Å². The molecule has 2 nitrogen and oxygen atoms in total. The summed E-state index contributed by atoms with van der Waals surface area (Å²) in [5.74, 6) is 0.310. The third-order valence-corrected chi connectivity index (χ3v) is 4.03. The second-order valence-electron chi connectivity index (χ2n) is 5.33. The highest BCUT2D eigenvalue weighted by Gasteiger charge is 2.16. The Hall–Kier alpha value is -2.06. The van der Waals surface area contributed by atoms with Crippen molar-refractivity contribution in [2.24, 2.45) is 0 Å². The van der Waals surface area contributed by atoms with Crippen LogP contribution in [0.3, 0.4) is 0 Å². The largest absolute Gasteiger partial charge is 0.361 e. The van der Waals surface area contributed by atoms with Crippen molar-refractivity contribution in [3.8, 4) is 0 Å². The van der Waals surface area contributed by atoms with Gasteiger partial charge < -0.3 is 4.98 Å². The van der Waals surface area contributed by atoms with Gasteiger partial charge in [-0.15, -0.1) is 0 Å². The van der Waals surface area contributed by atoms with Crippen LogP contribution in [-0.2, 0) is 0 Å². The number of nitrogens with one attached hydrogen (secondary N) is 1. The van der Waals surface area contributed by atoms with E-state index in [0.717, 1.165) is 22.0 Å². The van der Waals surface area contributed by atoms with Crippen LogP contribution >= 0.6 is 11.6 Å². The molecule has 0 spiro atoms. The van der Waals surface area contributed by atoms with E-state index in [1.54, 1.807) is 0 Å². The quantitative estimate of drug-likeness (QED) is 0.660. The highest BCUT2D eigenvalue weighted by Crippen LogP contribution is 2.30. The van der Waals surface area contributed by atoms with E-state index in [9.17, 15) is 4.79 Å². The van der Waals surface area contributed by atoms with Gasteiger partial charge in [0.15, 0.2) is 5.78 Å². The van der Waals surface area contributed by atoms with Crippen molar-refractivity contribution in [2.75, 3.05) is 0 Å². The monoisotopic (exact) mass is 297 g/mol. The molecule has 2 aromatic carbocycles. The van der Waals surface area contributed by atoms with Crippen molar-refractivity contribution in [3.05, 3.63) is 70.9 Å². The van der Waals surface area contributed by atoms with E-state index in [1.165, 1.54) is 0 Å². The summed E-state index contributed by atoms with van der Waals surface area (Å²) in [5.41, 5.74) is 2.95. The third-order valence-electron chi connectivity index (χ3n) is 3.79. The molecule has 106 valence electrons.